The molecule has 0 fully saturated rings. The molecule has 0 saturated heterocycles. The Labute approximate surface area is 112 Å². The summed E-state index contributed by atoms with van der Waals surface area (Å²) in [5.74, 6) is -0.189. The molecule has 0 spiro atoms. The Bertz CT molecular complexity index is 554. The highest BCUT2D eigenvalue weighted by molar-refractivity contribution is 6.31. The first-order valence-corrected chi connectivity index (χ1v) is 6.23. The number of benzene rings is 2. The Morgan fingerprint density at radius 1 is 1.17 bits per heavy atom. The van der Waals surface area contributed by atoms with Gasteiger partial charge in [0.15, 0.2) is 0 Å². The quantitative estimate of drug-likeness (QED) is 0.825. The van der Waals surface area contributed by atoms with Gasteiger partial charge in [0.25, 0.3) is 0 Å². The summed E-state index contributed by atoms with van der Waals surface area (Å²) in [7, 11) is 0. The average Bonchev–Trinajstić information content (AvgIpc) is 2.34. The van der Waals surface area contributed by atoms with Crippen molar-refractivity contribution in [3.63, 3.8) is 0 Å². The molecule has 1 N–H and O–H groups in total. The Morgan fingerprint density at radius 3 is 2.56 bits per heavy atom. The van der Waals surface area contributed by atoms with E-state index in [-0.39, 0.29) is 11.9 Å². The van der Waals surface area contributed by atoms with Crippen LogP contribution in [0.1, 0.15) is 24.1 Å². The standard InChI is InChI=1S/C15H15ClFN/c1-10-9-12(7-8-15(10)17)18-11(2)13-5-3-4-6-14(13)16/h3-9,11,18H,1-2H3. The van der Waals surface area contributed by atoms with E-state index >= 15 is 0 Å². The predicted octanol–water partition coefficient (Wildman–Crippen LogP) is 4.96. The third-order valence-electron chi connectivity index (χ3n) is 2.91. The Hall–Kier alpha value is -1.54. The summed E-state index contributed by atoms with van der Waals surface area (Å²) in [4.78, 5) is 0. The van der Waals surface area contributed by atoms with Crippen molar-refractivity contribution in [2.75, 3.05) is 5.32 Å². The molecule has 1 nitrogen and oxygen atoms in total. The van der Waals surface area contributed by atoms with Crippen molar-refractivity contribution in [1.29, 1.82) is 0 Å². The van der Waals surface area contributed by atoms with Crippen molar-refractivity contribution in [1.82, 2.24) is 0 Å². The van der Waals surface area contributed by atoms with Crippen LogP contribution in [0.25, 0.3) is 0 Å². The van der Waals surface area contributed by atoms with Crippen LogP contribution in [0, 0.1) is 12.7 Å². The lowest BCUT2D eigenvalue weighted by Crippen LogP contribution is -2.07. The minimum absolute atomic E-state index is 0.0727. The predicted molar refractivity (Wildman–Crippen MR) is 74.6 cm³/mol. The summed E-state index contributed by atoms with van der Waals surface area (Å²) in [6.45, 7) is 3.78. The van der Waals surface area contributed by atoms with Gasteiger partial charge in [-0.25, -0.2) is 4.39 Å². The van der Waals surface area contributed by atoms with Crippen LogP contribution >= 0.6 is 11.6 Å². The van der Waals surface area contributed by atoms with Gasteiger partial charge in [-0.3, -0.25) is 0 Å². The van der Waals surface area contributed by atoms with Crippen LogP contribution in [-0.4, -0.2) is 0 Å². The molecule has 0 heterocycles. The van der Waals surface area contributed by atoms with Gasteiger partial charge in [0.2, 0.25) is 0 Å². The summed E-state index contributed by atoms with van der Waals surface area (Å²) in [5.41, 5.74) is 2.55. The van der Waals surface area contributed by atoms with E-state index in [2.05, 4.69) is 5.32 Å². The zero-order chi connectivity index (χ0) is 13.1. The molecule has 0 bridgehead atoms. The van der Waals surface area contributed by atoms with Crippen molar-refractivity contribution in [2.24, 2.45) is 0 Å². The summed E-state index contributed by atoms with van der Waals surface area (Å²) in [6, 6.07) is 12.8. The molecule has 94 valence electrons. The number of halogens is 2. The molecule has 0 saturated carbocycles. The summed E-state index contributed by atoms with van der Waals surface area (Å²) in [6.07, 6.45) is 0. The van der Waals surface area contributed by atoms with E-state index in [4.69, 9.17) is 11.6 Å². The first-order chi connectivity index (χ1) is 8.58. The fourth-order valence-electron chi connectivity index (χ4n) is 1.89. The number of aryl methyl sites for hydroxylation is 1. The van der Waals surface area contributed by atoms with E-state index in [0.29, 0.717) is 5.56 Å². The maximum absolute atomic E-state index is 13.2. The molecule has 0 aromatic heterocycles. The Balaban J connectivity index is 2.19. The highest BCUT2D eigenvalue weighted by atomic mass is 35.5. The second-order valence-electron chi connectivity index (χ2n) is 4.35. The second kappa shape index (κ2) is 5.40. The topological polar surface area (TPSA) is 12.0 Å². The summed E-state index contributed by atoms with van der Waals surface area (Å²) < 4.78 is 13.2. The van der Waals surface area contributed by atoms with Gasteiger partial charge in [-0.1, -0.05) is 29.8 Å². The van der Waals surface area contributed by atoms with Gasteiger partial charge in [-0.05, 0) is 49.2 Å². The lowest BCUT2D eigenvalue weighted by atomic mass is 10.1. The van der Waals surface area contributed by atoms with Crippen LogP contribution in [0.4, 0.5) is 10.1 Å². The van der Waals surface area contributed by atoms with E-state index < -0.39 is 0 Å². The van der Waals surface area contributed by atoms with Crippen LogP contribution in [0.2, 0.25) is 5.02 Å². The number of anilines is 1. The van der Waals surface area contributed by atoms with Gasteiger partial charge >= 0.3 is 0 Å². The van der Waals surface area contributed by atoms with E-state index in [1.165, 1.54) is 6.07 Å². The molecule has 2 aromatic rings. The van der Waals surface area contributed by atoms with Gasteiger partial charge in [0, 0.05) is 16.8 Å². The minimum atomic E-state index is -0.189. The minimum Gasteiger partial charge on any atom is -0.378 e. The van der Waals surface area contributed by atoms with Gasteiger partial charge in [0.05, 0.1) is 0 Å². The van der Waals surface area contributed by atoms with Gasteiger partial charge in [0.1, 0.15) is 5.82 Å². The molecule has 3 heteroatoms. The molecule has 0 aliphatic rings. The van der Waals surface area contributed by atoms with Crippen molar-refractivity contribution in [3.8, 4) is 0 Å². The largest absolute Gasteiger partial charge is 0.378 e. The van der Waals surface area contributed by atoms with E-state index in [9.17, 15) is 4.39 Å². The Kier molecular flexibility index (Phi) is 3.87. The number of hydrogen-bond acceptors (Lipinski definition) is 1. The second-order valence-corrected chi connectivity index (χ2v) is 4.76. The molecule has 1 atom stereocenters. The number of hydrogen-bond donors (Lipinski definition) is 1. The molecule has 0 aliphatic heterocycles. The van der Waals surface area contributed by atoms with E-state index in [0.717, 1.165) is 16.3 Å². The monoisotopic (exact) mass is 263 g/mol. The third kappa shape index (κ3) is 2.82. The van der Waals surface area contributed by atoms with Gasteiger partial charge in [-0.2, -0.15) is 0 Å². The fraction of sp³-hybridized carbons (Fsp3) is 0.200. The average molecular weight is 264 g/mol. The lowest BCUT2D eigenvalue weighted by Gasteiger charge is -2.17. The van der Waals surface area contributed by atoms with Crippen LogP contribution in [-0.2, 0) is 0 Å². The summed E-state index contributed by atoms with van der Waals surface area (Å²) in [5, 5.41) is 4.05. The Morgan fingerprint density at radius 2 is 1.89 bits per heavy atom. The first kappa shape index (κ1) is 12.9. The molecule has 18 heavy (non-hydrogen) atoms. The smallest absolute Gasteiger partial charge is 0.126 e. The molecule has 0 amide bonds. The van der Waals surface area contributed by atoms with Crippen molar-refractivity contribution >= 4 is 17.3 Å². The third-order valence-corrected chi connectivity index (χ3v) is 3.26. The van der Waals surface area contributed by atoms with Crippen LogP contribution < -0.4 is 5.32 Å². The highest BCUT2D eigenvalue weighted by Crippen LogP contribution is 2.26. The normalized spacial score (nSPS) is 12.2. The molecular formula is C15H15ClFN. The van der Waals surface area contributed by atoms with E-state index in [1.807, 2.05) is 31.2 Å². The van der Waals surface area contributed by atoms with Crippen LogP contribution in [0.15, 0.2) is 42.5 Å². The molecule has 2 rings (SSSR count). The molecule has 2 aromatic carbocycles. The highest BCUT2D eigenvalue weighted by Gasteiger charge is 2.09. The molecular weight excluding hydrogens is 249 g/mol. The first-order valence-electron chi connectivity index (χ1n) is 5.85. The number of nitrogens with one attached hydrogen (secondary N) is 1. The molecule has 0 aliphatic carbocycles. The lowest BCUT2D eigenvalue weighted by molar-refractivity contribution is 0.618. The van der Waals surface area contributed by atoms with Crippen LogP contribution in [0.3, 0.4) is 0 Å². The van der Waals surface area contributed by atoms with Crippen LogP contribution in [0.5, 0.6) is 0 Å². The van der Waals surface area contributed by atoms with Crippen molar-refractivity contribution in [2.45, 2.75) is 19.9 Å². The zero-order valence-electron chi connectivity index (χ0n) is 10.4. The van der Waals surface area contributed by atoms with E-state index in [1.54, 1.807) is 19.1 Å². The van der Waals surface area contributed by atoms with Crippen molar-refractivity contribution in [3.05, 3.63) is 64.4 Å². The SMILES string of the molecule is Cc1cc(NC(C)c2ccccc2Cl)ccc1F. The fourth-order valence-corrected chi connectivity index (χ4v) is 2.19. The van der Waals surface area contributed by atoms with Crippen molar-refractivity contribution < 1.29 is 4.39 Å². The van der Waals surface area contributed by atoms with Gasteiger partial charge in [-0.15, -0.1) is 0 Å². The molecule has 1 unspecified atom stereocenters. The summed E-state index contributed by atoms with van der Waals surface area (Å²) >= 11 is 6.14. The maximum Gasteiger partial charge on any atom is 0.126 e. The number of rotatable bonds is 3. The van der Waals surface area contributed by atoms with Gasteiger partial charge < -0.3 is 5.32 Å². The zero-order valence-corrected chi connectivity index (χ0v) is 11.1. The maximum atomic E-state index is 13.2. The molecule has 0 radical (unpaired) electrons.